The van der Waals surface area contributed by atoms with E-state index in [2.05, 4.69) is 22.5 Å². The highest BCUT2D eigenvalue weighted by atomic mass is 79.9. The Bertz CT molecular complexity index is 975. The lowest BCUT2D eigenvalue weighted by Crippen LogP contribution is -2.58. The van der Waals surface area contributed by atoms with Gasteiger partial charge in [-0.3, -0.25) is 14.4 Å². The van der Waals surface area contributed by atoms with Gasteiger partial charge in [0.2, 0.25) is 5.91 Å². The van der Waals surface area contributed by atoms with Gasteiger partial charge in [0.15, 0.2) is 0 Å². The van der Waals surface area contributed by atoms with Crippen LogP contribution in [0.2, 0.25) is 5.02 Å². The van der Waals surface area contributed by atoms with Gasteiger partial charge >= 0.3 is 5.97 Å². The SMILES string of the molecule is C=CCN(C(=O)C1N([C@H](C)CO)C(=O)[C@@H]2[C@H](C(=O)O)[C@H]3OC12CC3Br)c1ccccc1Cl. The maximum Gasteiger partial charge on any atom is 0.310 e. The van der Waals surface area contributed by atoms with Gasteiger partial charge in [-0.2, -0.15) is 0 Å². The van der Waals surface area contributed by atoms with E-state index in [0.717, 1.165) is 0 Å². The lowest BCUT2D eigenvalue weighted by Gasteiger charge is -2.38. The highest BCUT2D eigenvalue weighted by Crippen LogP contribution is 2.60. The first kappa shape index (κ1) is 23.2. The van der Waals surface area contributed by atoms with E-state index in [9.17, 15) is 24.6 Å². The van der Waals surface area contributed by atoms with Crippen molar-refractivity contribution in [1.82, 2.24) is 4.90 Å². The predicted octanol–water partition coefficient (Wildman–Crippen LogP) is 2.07. The number of aliphatic hydroxyl groups is 1. The molecule has 0 radical (unpaired) electrons. The summed E-state index contributed by atoms with van der Waals surface area (Å²) in [6, 6.07) is 5.00. The summed E-state index contributed by atoms with van der Waals surface area (Å²) >= 11 is 9.87. The molecule has 2 bridgehead atoms. The Kier molecular flexibility index (Phi) is 6.13. The van der Waals surface area contributed by atoms with Crippen LogP contribution in [-0.4, -0.2) is 74.7 Å². The molecule has 2 N–H and O–H groups in total. The fourth-order valence-electron chi connectivity index (χ4n) is 5.45. The molecular weight excluding hydrogens is 504 g/mol. The van der Waals surface area contributed by atoms with Crippen LogP contribution in [0.25, 0.3) is 0 Å². The number of benzene rings is 1. The molecule has 32 heavy (non-hydrogen) atoms. The Morgan fingerprint density at radius 3 is 2.75 bits per heavy atom. The average molecular weight is 528 g/mol. The van der Waals surface area contributed by atoms with Gasteiger partial charge in [-0.05, 0) is 25.5 Å². The lowest BCUT2D eigenvalue weighted by molar-refractivity contribution is -0.150. The van der Waals surface area contributed by atoms with E-state index in [1.807, 2.05) is 0 Å². The van der Waals surface area contributed by atoms with Crippen LogP contribution in [0.15, 0.2) is 36.9 Å². The van der Waals surface area contributed by atoms with Gasteiger partial charge in [0.1, 0.15) is 11.6 Å². The van der Waals surface area contributed by atoms with Gasteiger partial charge in [0, 0.05) is 11.4 Å². The number of carbonyl (C=O) groups is 3. The number of carbonyl (C=O) groups excluding carboxylic acids is 2. The number of likely N-dealkylation sites (tertiary alicyclic amines) is 1. The second-order valence-electron chi connectivity index (χ2n) is 8.47. The molecule has 3 aliphatic rings. The second kappa shape index (κ2) is 8.44. The van der Waals surface area contributed by atoms with Crippen LogP contribution in [0.4, 0.5) is 5.69 Å². The molecule has 172 valence electrons. The van der Waals surface area contributed by atoms with Gasteiger partial charge < -0.3 is 24.7 Å². The Hall–Kier alpha value is -1.94. The molecule has 3 unspecified atom stereocenters. The number of alkyl halides is 1. The highest BCUT2D eigenvalue weighted by molar-refractivity contribution is 9.09. The topological polar surface area (TPSA) is 107 Å². The minimum absolute atomic E-state index is 0.124. The summed E-state index contributed by atoms with van der Waals surface area (Å²) in [5, 5.41) is 20.1. The van der Waals surface area contributed by atoms with Gasteiger partial charge in [0.25, 0.3) is 5.91 Å². The zero-order chi connectivity index (χ0) is 23.4. The van der Waals surface area contributed by atoms with Crippen molar-refractivity contribution in [2.75, 3.05) is 18.1 Å². The van der Waals surface area contributed by atoms with Crippen LogP contribution in [0.5, 0.6) is 0 Å². The molecule has 1 aromatic carbocycles. The number of rotatable bonds is 7. The molecule has 4 rings (SSSR count). The summed E-state index contributed by atoms with van der Waals surface area (Å²) in [6.07, 6.45) is 1.12. The Balaban J connectivity index is 1.85. The van der Waals surface area contributed by atoms with Crippen LogP contribution in [0.3, 0.4) is 0 Å². The van der Waals surface area contributed by atoms with Crippen molar-refractivity contribution in [3.05, 3.63) is 41.9 Å². The first-order chi connectivity index (χ1) is 15.2. The summed E-state index contributed by atoms with van der Waals surface area (Å²) in [7, 11) is 0. The molecule has 8 nitrogen and oxygen atoms in total. The first-order valence-corrected chi connectivity index (χ1v) is 11.6. The molecule has 2 amide bonds. The monoisotopic (exact) mass is 526 g/mol. The standard InChI is InChI=1S/C22H24BrClN2O6/c1-3-8-25(14-7-5-4-6-13(14)24)20(29)18-22-9-12(23)17(32-22)15(21(30)31)16(22)19(28)26(18)11(2)10-27/h3-7,11-12,15-18,27H,1,8-10H2,2H3,(H,30,31)/t11-,12?,15+,16+,17+,18?,22?/m1/s1. The number of carboxylic acids is 1. The molecule has 7 atom stereocenters. The smallest absolute Gasteiger partial charge is 0.310 e. The fourth-order valence-corrected chi connectivity index (χ4v) is 6.63. The minimum Gasteiger partial charge on any atom is -0.481 e. The summed E-state index contributed by atoms with van der Waals surface area (Å²) < 4.78 is 6.22. The summed E-state index contributed by atoms with van der Waals surface area (Å²) in [5.41, 5.74) is -0.874. The zero-order valence-corrected chi connectivity index (χ0v) is 19.7. The number of amides is 2. The Morgan fingerprint density at radius 1 is 1.47 bits per heavy atom. The number of hydrogen-bond donors (Lipinski definition) is 2. The number of aliphatic carboxylic acids is 1. The van der Waals surface area contributed by atoms with Crippen molar-refractivity contribution in [2.45, 2.75) is 42.0 Å². The van der Waals surface area contributed by atoms with Crippen molar-refractivity contribution in [3.8, 4) is 0 Å². The van der Waals surface area contributed by atoms with Gasteiger partial charge in [-0.1, -0.05) is 45.7 Å². The maximum atomic E-state index is 14.1. The Morgan fingerprint density at radius 2 is 2.16 bits per heavy atom. The predicted molar refractivity (Wildman–Crippen MR) is 121 cm³/mol. The molecule has 3 saturated heterocycles. The van der Waals surface area contributed by atoms with E-state index in [4.69, 9.17) is 16.3 Å². The van der Waals surface area contributed by atoms with E-state index >= 15 is 0 Å². The molecule has 10 heteroatoms. The quantitative estimate of drug-likeness (QED) is 0.415. The fraction of sp³-hybridized carbons (Fsp3) is 0.500. The van der Waals surface area contributed by atoms with Gasteiger partial charge in [-0.15, -0.1) is 6.58 Å². The van der Waals surface area contributed by atoms with Gasteiger partial charge in [0.05, 0.1) is 41.3 Å². The van der Waals surface area contributed by atoms with Crippen LogP contribution >= 0.6 is 27.5 Å². The summed E-state index contributed by atoms with van der Waals surface area (Å²) in [6.45, 7) is 5.10. The van der Waals surface area contributed by atoms with Crippen molar-refractivity contribution >= 4 is 51.0 Å². The Labute approximate surface area is 198 Å². The summed E-state index contributed by atoms with van der Waals surface area (Å²) in [5.74, 6) is -4.19. The highest BCUT2D eigenvalue weighted by Gasteiger charge is 2.77. The number of ether oxygens (including phenoxy) is 1. The molecule has 3 fully saturated rings. The number of hydrogen-bond acceptors (Lipinski definition) is 5. The second-order valence-corrected chi connectivity index (χ2v) is 10.1. The number of anilines is 1. The van der Waals surface area contributed by atoms with Crippen LogP contribution in [0, 0.1) is 11.8 Å². The third-order valence-corrected chi connectivity index (χ3v) is 7.87. The number of carboxylic acid groups (broad SMARTS) is 1. The van der Waals surface area contributed by atoms with E-state index in [-0.39, 0.29) is 18.0 Å². The van der Waals surface area contributed by atoms with E-state index in [0.29, 0.717) is 17.1 Å². The minimum atomic E-state index is -1.32. The number of para-hydroxylation sites is 1. The molecule has 1 spiro atoms. The number of fused-ring (bicyclic) bond motifs is 1. The van der Waals surface area contributed by atoms with E-state index < -0.39 is 53.4 Å². The van der Waals surface area contributed by atoms with Crippen LogP contribution in [-0.2, 0) is 19.1 Å². The third-order valence-electron chi connectivity index (χ3n) is 6.71. The third kappa shape index (κ3) is 3.21. The van der Waals surface area contributed by atoms with Crippen molar-refractivity contribution in [2.24, 2.45) is 11.8 Å². The molecule has 0 aliphatic carbocycles. The van der Waals surface area contributed by atoms with Crippen molar-refractivity contribution in [3.63, 3.8) is 0 Å². The number of nitrogens with zero attached hydrogens (tertiary/aromatic N) is 2. The van der Waals surface area contributed by atoms with Crippen LogP contribution < -0.4 is 4.90 Å². The van der Waals surface area contributed by atoms with E-state index in [1.165, 1.54) is 9.80 Å². The lowest BCUT2D eigenvalue weighted by atomic mass is 9.70. The zero-order valence-electron chi connectivity index (χ0n) is 17.4. The largest absolute Gasteiger partial charge is 0.481 e. The summed E-state index contributed by atoms with van der Waals surface area (Å²) in [4.78, 5) is 42.1. The van der Waals surface area contributed by atoms with Crippen LogP contribution in [0.1, 0.15) is 13.3 Å². The normalized spacial score (nSPS) is 33.8. The molecule has 3 heterocycles. The number of aliphatic hydroxyl groups excluding tert-OH is 1. The first-order valence-electron chi connectivity index (χ1n) is 10.3. The van der Waals surface area contributed by atoms with Gasteiger partial charge in [-0.25, -0.2) is 0 Å². The van der Waals surface area contributed by atoms with E-state index in [1.54, 1.807) is 37.3 Å². The molecular formula is C22H24BrClN2O6. The molecule has 0 aromatic heterocycles. The van der Waals surface area contributed by atoms with Crippen molar-refractivity contribution in [1.29, 1.82) is 0 Å². The van der Waals surface area contributed by atoms with Crippen molar-refractivity contribution < 1.29 is 29.3 Å². The molecule has 1 aromatic rings. The number of halogens is 2. The maximum absolute atomic E-state index is 14.1. The molecule has 0 saturated carbocycles. The molecule has 3 aliphatic heterocycles. The average Bonchev–Trinajstić information content (AvgIpc) is 3.35.